The van der Waals surface area contributed by atoms with E-state index < -0.39 is 0 Å². The molecule has 20 heavy (non-hydrogen) atoms. The van der Waals surface area contributed by atoms with Crippen LogP contribution in [0.1, 0.15) is 71.5 Å². The molecule has 0 spiro atoms. The van der Waals surface area contributed by atoms with Gasteiger partial charge in [-0.3, -0.25) is 0 Å². The van der Waals surface area contributed by atoms with Crippen molar-refractivity contribution in [2.75, 3.05) is 6.54 Å². The summed E-state index contributed by atoms with van der Waals surface area (Å²) in [4.78, 5) is 4.58. The van der Waals surface area contributed by atoms with Crippen LogP contribution in [0.4, 0.5) is 0 Å². The van der Waals surface area contributed by atoms with E-state index in [1.54, 1.807) is 0 Å². The van der Waals surface area contributed by atoms with Gasteiger partial charge in [0.05, 0.1) is 0 Å². The predicted octanol–water partition coefficient (Wildman–Crippen LogP) is 3.47. The smallest absolute Gasteiger partial charge is 0.228 e. The molecule has 1 N–H and O–H groups in total. The molecule has 114 valence electrons. The summed E-state index contributed by atoms with van der Waals surface area (Å²) in [6.45, 7) is 9.63. The minimum absolute atomic E-state index is 0.0402. The van der Waals surface area contributed by atoms with Crippen LogP contribution in [0, 0.1) is 5.92 Å². The first kappa shape index (κ1) is 15.5. The Balaban J connectivity index is 2.01. The highest BCUT2D eigenvalue weighted by atomic mass is 16.5. The van der Waals surface area contributed by atoms with Crippen LogP contribution < -0.4 is 5.32 Å². The molecule has 0 bridgehead atoms. The maximum absolute atomic E-state index is 5.46. The zero-order chi connectivity index (χ0) is 14.6. The molecular formula is C16H29N3O. The van der Waals surface area contributed by atoms with Crippen LogP contribution in [0.25, 0.3) is 0 Å². The molecule has 0 saturated heterocycles. The van der Waals surface area contributed by atoms with E-state index in [4.69, 9.17) is 4.52 Å². The van der Waals surface area contributed by atoms with Crippen LogP contribution in [0.3, 0.4) is 0 Å². The minimum Gasteiger partial charge on any atom is -0.339 e. The topological polar surface area (TPSA) is 51.0 Å². The molecule has 4 heteroatoms. The van der Waals surface area contributed by atoms with E-state index >= 15 is 0 Å². The minimum atomic E-state index is -0.0402. The van der Waals surface area contributed by atoms with Crippen LogP contribution in [0.15, 0.2) is 4.52 Å². The number of nitrogens with one attached hydrogen (secondary N) is 1. The van der Waals surface area contributed by atoms with Gasteiger partial charge in [0.1, 0.15) is 0 Å². The van der Waals surface area contributed by atoms with Gasteiger partial charge >= 0.3 is 0 Å². The molecule has 1 aliphatic carbocycles. The van der Waals surface area contributed by atoms with E-state index in [9.17, 15) is 0 Å². The van der Waals surface area contributed by atoms with Gasteiger partial charge in [-0.2, -0.15) is 4.98 Å². The normalized spacial score (nSPS) is 18.6. The second-order valence-corrected chi connectivity index (χ2v) is 7.07. The molecule has 1 atom stereocenters. The van der Waals surface area contributed by atoms with Gasteiger partial charge in [-0.15, -0.1) is 0 Å². The Morgan fingerprint density at radius 3 is 2.55 bits per heavy atom. The molecule has 1 heterocycles. The molecule has 0 aliphatic heterocycles. The van der Waals surface area contributed by atoms with E-state index in [1.807, 2.05) is 0 Å². The first-order valence-electron chi connectivity index (χ1n) is 8.07. The molecule has 2 rings (SSSR count). The third-order valence-corrected chi connectivity index (χ3v) is 4.16. The quantitative estimate of drug-likeness (QED) is 0.866. The van der Waals surface area contributed by atoms with Crippen molar-refractivity contribution < 1.29 is 4.52 Å². The highest BCUT2D eigenvalue weighted by molar-refractivity contribution is 5.01. The summed E-state index contributed by atoms with van der Waals surface area (Å²) >= 11 is 0. The summed E-state index contributed by atoms with van der Waals surface area (Å²) < 4.78 is 5.46. The summed E-state index contributed by atoms with van der Waals surface area (Å²) in [5, 5.41) is 7.81. The monoisotopic (exact) mass is 279 g/mol. The lowest BCUT2D eigenvalue weighted by molar-refractivity contribution is 0.305. The van der Waals surface area contributed by atoms with Gasteiger partial charge in [-0.05, 0) is 31.7 Å². The van der Waals surface area contributed by atoms with Crippen molar-refractivity contribution in [2.24, 2.45) is 5.92 Å². The molecule has 0 radical (unpaired) electrons. The van der Waals surface area contributed by atoms with Crippen molar-refractivity contribution in [2.45, 2.75) is 77.7 Å². The maximum Gasteiger partial charge on any atom is 0.228 e. The Labute approximate surface area is 122 Å². The molecule has 1 aromatic heterocycles. The van der Waals surface area contributed by atoms with Crippen molar-refractivity contribution in [3.8, 4) is 0 Å². The average Bonchev–Trinajstić information content (AvgIpc) is 3.04. The fraction of sp³-hybridized carbons (Fsp3) is 0.875. The highest BCUT2D eigenvalue weighted by Crippen LogP contribution is 2.29. The fourth-order valence-electron chi connectivity index (χ4n) is 2.93. The molecule has 0 amide bonds. The van der Waals surface area contributed by atoms with E-state index in [0.29, 0.717) is 6.04 Å². The molecule has 0 aromatic carbocycles. The van der Waals surface area contributed by atoms with Crippen molar-refractivity contribution in [1.29, 1.82) is 0 Å². The van der Waals surface area contributed by atoms with Crippen LogP contribution >= 0.6 is 0 Å². The second-order valence-electron chi connectivity index (χ2n) is 7.07. The lowest BCUT2D eigenvalue weighted by atomic mass is 9.94. The first-order valence-corrected chi connectivity index (χ1v) is 8.07. The van der Waals surface area contributed by atoms with E-state index in [1.165, 1.54) is 32.1 Å². The SMILES string of the molecule is CCCNC(Cc1nc(C(C)(C)C)no1)C1CCCC1. The van der Waals surface area contributed by atoms with Crippen molar-refractivity contribution >= 4 is 0 Å². The molecule has 1 aliphatic rings. The second kappa shape index (κ2) is 6.70. The first-order chi connectivity index (χ1) is 9.50. The van der Waals surface area contributed by atoms with Gasteiger partial charge in [0.2, 0.25) is 5.89 Å². The van der Waals surface area contributed by atoms with Gasteiger partial charge in [-0.25, -0.2) is 0 Å². The molecule has 1 fully saturated rings. The third-order valence-electron chi connectivity index (χ3n) is 4.16. The van der Waals surface area contributed by atoms with Crippen LogP contribution in [-0.4, -0.2) is 22.7 Å². The Kier molecular flexibility index (Phi) is 5.19. The lowest BCUT2D eigenvalue weighted by Gasteiger charge is -2.23. The van der Waals surface area contributed by atoms with Crippen LogP contribution in [-0.2, 0) is 11.8 Å². The van der Waals surface area contributed by atoms with Crippen molar-refractivity contribution in [3.63, 3.8) is 0 Å². The summed E-state index contributed by atoms with van der Waals surface area (Å²) in [6.07, 6.45) is 7.44. The fourth-order valence-corrected chi connectivity index (χ4v) is 2.93. The number of hydrogen-bond acceptors (Lipinski definition) is 4. The number of hydrogen-bond donors (Lipinski definition) is 1. The molecule has 4 nitrogen and oxygen atoms in total. The lowest BCUT2D eigenvalue weighted by Crippen LogP contribution is -2.37. The van der Waals surface area contributed by atoms with Crippen molar-refractivity contribution in [1.82, 2.24) is 15.5 Å². The number of nitrogens with zero attached hydrogens (tertiary/aromatic N) is 2. The number of rotatable bonds is 6. The summed E-state index contributed by atoms with van der Waals surface area (Å²) in [6, 6.07) is 0.491. The highest BCUT2D eigenvalue weighted by Gasteiger charge is 2.27. The summed E-state index contributed by atoms with van der Waals surface area (Å²) in [5.41, 5.74) is -0.0402. The third kappa shape index (κ3) is 4.05. The Morgan fingerprint density at radius 2 is 2.00 bits per heavy atom. The zero-order valence-electron chi connectivity index (χ0n) is 13.4. The number of aromatic nitrogens is 2. The van der Waals surface area contributed by atoms with Crippen molar-refractivity contribution in [3.05, 3.63) is 11.7 Å². The molecule has 1 saturated carbocycles. The van der Waals surface area contributed by atoms with Gasteiger partial charge in [0.25, 0.3) is 0 Å². The summed E-state index contributed by atoms with van der Waals surface area (Å²) in [5.74, 6) is 2.37. The van der Waals surface area contributed by atoms with Gasteiger partial charge < -0.3 is 9.84 Å². The molecular weight excluding hydrogens is 250 g/mol. The summed E-state index contributed by atoms with van der Waals surface area (Å²) in [7, 11) is 0. The van der Waals surface area contributed by atoms with E-state index in [-0.39, 0.29) is 5.41 Å². The molecule has 1 aromatic rings. The van der Waals surface area contributed by atoms with E-state index in [2.05, 4.69) is 43.2 Å². The van der Waals surface area contributed by atoms with E-state index in [0.717, 1.165) is 30.6 Å². The van der Waals surface area contributed by atoms with Gasteiger partial charge in [0, 0.05) is 17.9 Å². The van der Waals surface area contributed by atoms with Gasteiger partial charge in [-0.1, -0.05) is 45.7 Å². The van der Waals surface area contributed by atoms with Crippen LogP contribution in [0.5, 0.6) is 0 Å². The average molecular weight is 279 g/mol. The largest absolute Gasteiger partial charge is 0.339 e. The van der Waals surface area contributed by atoms with Crippen LogP contribution in [0.2, 0.25) is 0 Å². The standard InChI is InChI=1S/C16H29N3O/c1-5-10-17-13(12-8-6-7-9-12)11-14-18-15(19-20-14)16(2,3)4/h12-13,17H,5-11H2,1-4H3. The Bertz CT molecular complexity index is 402. The van der Waals surface area contributed by atoms with Gasteiger partial charge in [0.15, 0.2) is 5.82 Å². The zero-order valence-corrected chi connectivity index (χ0v) is 13.4. The predicted molar refractivity (Wildman–Crippen MR) is 80.7 cm³/mol. The Morgan fingerprint density at radius 1 is 1.30 bits per heavy atom. The maximum atomic E-state index is 5.46. The Hall–Kier alpha value is -0.900. The molecule has 1 unspecified atom stereocenters.